The minimum atomic E-state index is -0.335. The third kappa shape index (κ3) is 7.14. The molecule has 2 amide bonds. The fraction of sp³-hybridized carbons (Fsp3) is 0.364. The second kappa shape index (κ2) is 12.1. The number of hydrogen-bond donors (Lipinski definition) is 5. The van der Waals surface area contributed by atoms with E-state index in [4.69, 9.17) is 21.5 Å². The maximum atomic E-state index is 12.3. The van der Waals surface area contributed by atoms with E-state index in [1.807, 2.05) is 6.07 Å². The van der Waals surface area contributed by atoms with Gasteiger partial charge in [-0.3, -0.25) is 14.4 Å². The molecule has 5 N–H and O–H groups in total. The number of hydrogen-bond acceptors (Lipinski definition) is 8. The van der Waals surface area contributed by atoms with Gasteiger partial charge in [0.2, 0.25) is 17.8 Å². The Balaban J connectivity index is 1.67. The molecule has 0 bridgehead atoms. The molecule has 1 unspecified atom stereocenters. The number of nitrogens with zero attached hydrogens (tertiary/aromatic N) is 2. The molecule has 33 heavy (non-hydrogen) atoms. The molecule has 1 aliphatic carbocycles. The largest absolute Gasteiger partial charge is 0.394 e. The van der Waals surface area contributed by atoms with Crippen molar-refractivity contribution in [2.45, 2.75) is 31.7 Å². The summed E-state index contributed by atoms with van der Waals surface area (Å²) in [6.45, 7) is 3.35. The first-order valence-electron chi connectivity index (χ1n) is 10.6. The molecule has 11 heteroatoms. The number of benzene rings is 1. The summed E-state index contributed by atoms with van der Waals surface area (Å²) in [6.07, 6.45) is 5.76. The SMILES string of the molecule is C=CC(=O)Nc1ccccc1Nc1nc(NC2CCC[C@H](C(=O)NOCCO)C2)ncc1Cl. The van der Waals surface area contributed by atoms with Gasteiger partial charge in [0.25, 0.3) is 0 Å². The Kier molecular flexibility index (Phi) is 8.99. The number of anilines is 4. The molecule has 176 valence electrons. The lowest BCUT2D eigenvalue weighted by molar-refractivity contribution is -0.139. The number of hydroxylamine groups is 1. The van der Waals surface area contributed by atoms with Gasteiger partial charge in [0, 0.05) is 12.0 Å². The summed E-state index contributed by atoms with van der Waals surface area (Å²) in [7, 11) is 0. The van der Waals surface area contributed by atoms with Crippen molar-refractivity contribution in [3.63, 3.8) is 0 Å². The molecule has 1 aromatic heterocycles. The highest BCUT2D eigenvalue weighted by Crippen LogP contribution is 2.30. The highest BCUT2D eigenvalue weighted by Gasteiger charge is 2.28. The fourth-order valence-corrected chi connectivity index (χ4v) is 3.67. The van der Waals surface area contributed by atoms with Crippen LogP contribution in [0, 0.1) is 5.92 Å². The van der Waals surface area contributed by atoms with Crippen LogP contribution >= 0.6 is 11.6 Å². The Hall–Kier alpha value is -3.21. The molecule has 1 aromatic carbocycles. The van der Waals surface area contributed by atoms with Crippen LogP contribution in [0.3, 0.4) is 0 Å². The normalized spacial score (nSPS) is 17.6. The zero-order valence-electron chi connectivity index (χ0n) is 18.0. The van der Waals surface area contributed by atoms with Crippen molar-refractivity contribution < 1.29 is 19.5 Å². The number of aliphatic hydroxyl groups is 1. The third-order valence-electron chi connectivity index (χ3n) is 5.11. The Morgan fingerprint density at radius 1 is 1.27 bits per heavy atom. The highest BCUT2D eigenvalue weighted by atomic mass is 35.5. The van der Waals surface area contributed by atoms with E-state index >= 15 is 0 Å². The summed E-state index contributed by atoms with van der Waals surface area (Å²) in [5, 5.41) is 18.2. The molecule has 1 heterocycles. The van der Waals surface area contributed by atoms with Gasteiger partial charge in [-0.15, -0.1) is 0 Å². The highest BCUT2D eigenvalue weighted by molar-refractivity contribution is 6.33. The molecule has 1 saturated carbocycles. The maximum Gasteiger partial charge on any atom is 0.247 e. The van der Waals surface area contributed by atoms with Crippen LogP contribution in [0.25, 0.3) is 0 Å². The van der Waals surface area contributed by atoms with Gasteiger partial charge in [0.05, 0.1) is 30.8 Å². The predicted octanol–water partition coefficient (Wildman–Crippen LogP) is 3.01. The van der Waals surface area contributed by atoms with E-state index in [1.165, 1.54) is 12.3 Å². The first-order valence-corrected chi connectivity index (χ1v) is 11.0. The monoisotopic (exact) mass is 474 g/mol. The number of para-hydroxylation sites is 2. The van der Waals surface area contributed by atoms with E-state index in [0.29, 0.717) is 34.6 Å². The van der Waals surface area contributed by atoms with Gasteiger partial charge in [0.15, 0.2) is 5.82 Å². The number of aliphatic hydroxyl groups excluding tert-OH is 1. The molecular weight excluding hydrogens is 448 g/mol. The molecule has 0 spiro atoms. The average molecular weight is 475 g/mol. The topological polar surface area (TPSA) is 138 Å². The fourth-order valence-electron chi connectivity index (χ4n) is 3.53. The van der Waals surface area contributed by atoms with E-state index in [1.54, 1.807) is 18.2 Å². The second-order valence-electron chi connectivity index (χ2n) is 7.50. The van der Waals surface area contributed by atoms with Crippen molar-refractivity contribution in [2.24, 2.45) is 5.92 Å². The predicted molar refractivity (Wildman–Crippen MR) is 126 cm³/mol. The zero-order valence-corrected chi connectivity index (χ0v) is 18.8. The van der Waals surface area contributed by atoms with Crippen molar-refractivity contribution in [1.82, 2.24) is 15.4 Å². The second-order valence-corrected chi connectivity index (χ2v) is 7.90. The summed E-state index contributed by atoms with van der Waals surface area (Å²) >= 11 is 6.30. The van der Waals surface area contributed by atoms with E-state index in [0.717, 1.165) is 19.3 Å². The zero-order chi connectivity index (χ0) is 23.6. The lowest BCUT2D eigenvalue weighted by Gasteiger charge is -2.29. The summed E-state index contributed by atoms with van der Waals surface area (Å²) in [6, 6.07) is 7.14. The molecule has 1 fully saturated rings. The number of carbonyl (C=O) groups is 2. The van der Waals surface area contributed by atoms with Crippen LogP contribution in [-0.2, 0) is 14.4 Å². The molecule has 10 nitrogen and oxygen atoms in total. The number of rotatable bonds is 10. The molecule has 0 aliphatic heterocycles. The Morgan fingerprint density at radius 2 is 2.06 bits per heavy atom. The Bertz CT molecular complexity index is 989. The summed E-state index contributed by atoms with van der Waals surface area (Å²) in [5.41, 5.74) is 3.54. The lowest BCUT2D eigenvalue weighted by atomic mass is 9.85. The van der Waals surface area contributed by atoms with Crippen molar-refractivity contribution >= 4 is 46.6 Å². The van der Waals surface area contributed by atoms with E-state index in [9.17, 15) is 9.59 Å². The summed E-state index contributed by atoms with van der Waals surface area (Å²) in [4.78, 5) is 37.6. The molecule has 2 atom stereocenters. The average Bonchev–Trinajstić information content (AvgIpc) is 2.82. The van der Waals surface area contributed by atoms with Gasteiger partial charge in [-0.2, -0.15) is 4.98 Å². The van der Waals surface area contributed by atoms with Crippen LogP contribution in [-0.4, -0.2) is 46.1 Å². The maximum absolute atomic E-state index is 12.3. The van der Waals surface area contributed by atoms with Crippen LogP contribution < -0.4 is 21.4 Å². The molecule has 0 saturated heterocycles. The van der Waals surface area contributed by atoms with Crippen molar-refractivity contribution in [2.75, 3.05) is 29.2 Å². The molecule has 0 radical (unpaired) electrons. The number of amides is 2. The van der Waals surface area contributed by atoms with Gasteiger partial charge < -0.3 is 21.1 Å². The molecule has 2 aromatic rings. The van der Waals surface area contributed by atoms with Gasteiger partial charge in [-0.25, -0.2) is 10.5 Å². The number of carbonyl (C=O) groups excluding carboxylic acids is 2. The van der Waals surface area contributed by atoms with Crippen LogP contribution in [0.1, 0.15) is 25.7 Å². The molecule has 1 aliphatic rings. The quantitative estimate of drug-likeness (QED) is 0.201. The van der Waals surface area contributed by atoms with Crippen molar-refractivity contribution in [3.05, 3.63) is 48.1 Å². The van der Waals surface area contributed by atoms with Gasteiger partial charge >= 0.3 is 0 Å². The Labute approximate surface area is 196 Å². The number of nitrogens with one attached hydrogen (secondary N) is 4. The van der Waals surface area contributed by atoms with E-state index in [-0.39, 0.29) is 37.0 Å². The third-order valence-corrected chi connectivity index (χ3v) is 5.39. The summed E-state index contributed by atoms with van der Waals surface area (Å²) < 4.78 is 0. The number of aromatic nitrogens is 2. The van der Waals surface area contributed by atoms with Gasteiger partial charge in [-0.05, 0) is 37.5 Å². The minimum Gasteiger partial charge on any atom is -0.394 e. The first-order chi connectivity index (χ1) is 16.0. The van der Waals surface area contributed by atoms with Crippen molar-refractivity contribution in [1.29, 1.82) is 0 Å². The van der Waals surface area contributed by atoms with E-state index < -0.39 is 0 Å². The van der Waals surface area contributed by atoms with Crippen LogP contribution in [0.2, 0.25) is 5.02 Å². The van der Waals surface area contributed by atoms with Crippen LogP contribution in [0.15, 0.2) is 43.1 Å². The first kappa shape index (κ1) is 24.4. The van der Waals surface area contributed by atoms with Crippen molar-refractivity contribution in [3.8, 4) is 0 Å². The van der Waals surface area contributed by atoms with Gasteiger partial charge in [-0.1, -0.05) is 36.7 Å². The smallest absolute Gasteiger partial charge is 0.247 e. The summed E-state index contributed by atoms with van der Waals surface area (Å²) in [5.74, 6) is -0.000178. The van der Waals surface area contributed by atoms with Crippen LogP contribution in [0.5, 0.6) is 0 Å². The van der Waals surface area contributed by atoms with E-state index in [2.05, 4.69) is 38.0 Å². The van der Waals surface area contributed by atoms with Crippen LogP contribution in [0.4, 0.5) is 23.1 Å². The number of halogens is 1. The Morgan fingerprint density at radius 3 is 2.82 bits per heavy atom. The standard InChI is InChI=1S/C22H27ClN6O4/c1-2-19(31)26-17-8-3-4-9-18(17)27-20-16(23)13-24-22(28-20)25-15-7-5-6-14(12-15)21(32)29-33-11-10-30/h2-4,8-9,13-15,30H,1,5-7,10-12H2,(H,26,31)(H,29,32)(H2,24,25,27,28)/t14-,15?/m0/s1. The molecular formula is C22H27ClN6O4. The van der Waals surface area contributed by atoms with Gasteiger partial charge in [0.1, 0.15) is 5.02 Å². The molecule has 3 rings (SSSR count). The lowest BCUT2D eigenvalue weighted by Crippen LogP contribution is -2.38. The minimum absolute atomic E-state index is 0.000494.